The minimum Gasteiger partial charge on any atom is -0.401 e. The van der Waals surface area contributed by atoms with E-state index in [1.807, 2.05) is 6.92 Å². The zero-order valence-electron chi connectivity index (χ0n) is 18.7. The van der Waals surface area contributed by atoms with Crippen LogP contribution in [0.4, 0.5) is 10.1 Å². The number of nitrogens with two attached hydrogens (primary N) is 2. The molecule has 0 fully saturated rings. The Hall–Kier alpha value is -2.54. The average Bonchev–Trinajstić information content (AvgIpc) is 2.93. The number of hydrogen-bond acceptors (Lipinski definition) is 5. The fraction of sp³-hybridized carbons (Fsp3) is 0.360. The van der Waals surface area contributed by atoms with Gasteiger partial charge in [-0.3, -0.25) is 4.90 Å². The van der Waals surface area contributed by atoms with Crippen molar-refractivity contribution in [2.75, 3.05) is 31.5 Å². The Morgan fingerprint density at radius 2 is 2.06 bits per heavy atom. The molecular weight excluding hydrogens is 425 g/mol. The first-order chi connectivity index (χ1) is 15.4. The number of halogens is 2. The fourth-order valence-electron chi connectivity index (χ4n) is 4.61. The quantitative estimate of drug-likeness (QED) is 0.568. The third-order valence-electron chi connectivity index (χ3n) is 6.39. The molecule has 2 aliphatic rings. The highest BCUT2D eigenvalue weighted by molar-refractivity contribution is 6.31. The van der Waals surface area contributed by atoms with Crippen molar-refractivity contribution in [2.45, 2.75) is 32.7 Å². The normalized spacial score (nSPS) is 21.0. The van der Waals surface area contributed by atoms with E-state index in [4.69, 9.17) is 23.2 Å². The van der Waals surface area contributed by atoms with E-state index in [0.29, 0.717) is 24.4 Å². The van der Waals surface area contributed by atoms with Gasteiger partial charge in [-0.05, 0) is 61.2 Å². The number of nitrogens with one attached hydrogen (secondary N) is 1. The van der Waals surface area contributed by atoms with Crippen molar-refractivity contribution in [1.82, 2.24) is 9.91 Å². The minimum absolute atomic E-state index is 0.101. The minimum atomic E-state index is -0.443. The molecule has 0 aromatic heterocycles. The zero-order chi connectivity index (χ0) is 22.8. The van der Waals surface area contributed by atoms with Gasteiger partial charge in [0, 0.05) is 30.9 Å². The molecule has 2 aliphatic heterocycles. The molecule has 0 saturated carbocycles. The van der Waals surface area contributed by atoms with Crippen molar-refractivity contribution in [2.24, 2.45) is 11.6 Å². The Bertz CT molecular complexity index is 1060. The third-order valence-corrected chi connectivity index (χ3v) is 6.69. The van der Waals surface area contributed by atoms with E-state index in [-0.39, 0.29) is 11.1 Å². The van der Waals surface area contributed by atoms with Crippen LogP contribution in [0, 0.1) is 5.82 Å². The number of rotatable bonds is 4. The number of nitrogens with zero attached hydrogens (tertiary/aromatic N) is 2. The average molecular weight is 456 g/mol. The van der Waals surface area contributed by atoms with E-state index in [1.165, 1.54) is 11.1 Å². The van der Waals surface area contributed by atoms with Gasteiger partial charge in [0.2, 0.25) is 0 Å². The molecule has 0 radical (unpaired) electrons. The Labute approximate surface area is 194 Å². The summed E-state index contributed by atoms with van der Waals surface area (Å²) in [6, 6.07) is 11.3. The molecule has 1 unspecified atom stereocenters. The fourth-order valence-corrected chi connectivity index (χ4v) is 4.78. The van der Waals surface area contributed by atoms with E-state index in [9.17, 15) is 4.39 Å². The second-order valence-electron chi connectivity index (χ2n) is 8.49. The summed E-state index contributed by atoms with van der Waals surface area (Å²) in [7, 11) is 0. The van der Waals surface area contributed by atoms with Crippen molar-refractivity contribution >= 4 is 28.6 Å². The topological polar surface area (TPSA) is 70.5 Å². The number of anilines is 1. The molecule has 1 atom stereocenters. The molecule has 0 saturated heterocycles. The van der Waals surface area contributed by atoms with Gasteiger partial charge in [0.1, 0.15) is 0 Å². The Morgan fingerprint density at radius 1 is 1.25 bits per heavy atom. The summed E-state index contributed by atoms with van der Waals surface area (Å²) in [4.78, 5) is 2.42. The van der Waals surface area contributed by atoms with Gasteiger partial charge in [-0.25, -0.2) is 10.2 Å². The molecule has 0 aliphatic carbocycles. The summed E-state index contributed by atoms with van der Waals surface area (Å²) in [5, 5.41) is 5.18. The maximum atomic E-state index is 14.7. The number of allylic oxidation sites excluding steroid dienone is 1. The number of benzene rings is 2. The van der Waals surface area contributed by atoms with E-state index in [2.05, 4.69) is 41.4 Å². The predicted octanol–water partition coefficient (Wildman–Crippen LogP) is 4.97. The van der Waals surface area contributed by atoms with Gasteiger partial charge in [0.25, 0.3) is 0 Å². The molecule has 32 heavy (non-hydrogen) atoms. The Balaban J connectivity index is 1.78. The molecule has 0 bridgehead atoms. The smallest absolute Gasteiger partial charge is 0.164 e. The molecule has 5 N–H and O–H groups in total. The van der Waals surface area contributed by atoms with E-state index < -0.39 is 5.82 Å². The highest BCUT2D eigenvalue weighted by Gasteiger charge is 2.27. The van der Waals surface area contributed by atoms with E-state index in [1.54, 1.807) is 23.2 Å². The summed E-state index contributed by atoms with van der Waals surface area (Å²) < 4.78 is 14.7. The number of likely N-dealkylation sites (N-methyl/N-ethyl adjacent to an activating group) is 1. The molecule has 170 valence electrons. The van der Waals surface area contributed by atoms with Crippen LogP contribution in [0.2, 0.25) is 5.02 Å². The predicted molar refractivity (Wildman–Crippen MR) is 131 cm³/mol. The summed E-state index contributed by atoms with van der Waals surface area (Å²) >= 11 is 6.02. The van der Waals surface area contributed by atoms with Crippen LogP contribution in [0.1, 0.15) is 49.4 Å². The van der Waals surface area contributed by atoms with Crippen molar-refractivity contribution in [3.05, 3.63) is 75.7 Å². The first kappa shape index (κ1) is 22.6. The number of hydrazine groups is 1. The van der Waals surface area contributed by atoms with Gasteiger partial charge < -0.3 is 16.1 Å². The highest BCUT2D eigenvalue weighted by Crippen LogP contribution is 2.38. The van der Waals surface area contributed by atoms with Gasteiger partial charge in [0.05, 0.1) is 22.4 Å². The maximum absolute atomic E-state index is 14.7. The monoisotopic (exact) mass is 455 g/mol. The number of fused-ring (bicyclic) bond motifs is 1. The summed E-state index contributed by atoms with van der Waals surface area (Å²) in [5.41, 5.74) is 12.7. The number of hydrogen-bond donors (Lipinski definition) is 3. The van der Waals surface area contributed by atoms with Gasteiger partial charge >= 0.3 is 0 Å². The van der Waals surface area contributed by atoms with Crippen LogP contribution in [-0.2, 0) is 0 Å². The van der Waals surface area contributed by atoms with Gasteiger partial charge in [0.15, 0.2) is 5.82 Å². The van der Waals surface area contributed by atoms with Crippen molar-refractivity contribution in [1.29, 1.82) is 0 Å². The van der Waals surface area contributed by atoms with Gasteiger partial charge in [-0.1, -0.05) is 42.8 Å². The van der Waals surface area contributed by atoms with Crippen LogP contribution in [0.3, 0.4) is 0 Å². The van der Waals surface area contributed by atoms with Crippen molar-refractivity contribution < 1.29 is 4.39 Å². The molecule has 5 nitrogen and oxygen atoms in total. The van der Waals surface area contributed by atoms with Crippen molar-refractivity contribution in [3.8, 4) is 0 Å². The highest BCUT2D eigenvalue weighted by atomic mass is 35.5. The summed E-state index contributed by atoms with van der Waals surface area (Å²) in [6.07, 6.45) is 4.01. The standard InChI is InChI=1S/C25H31ClFN5/c1-3-31-12-9-17(10-13-31)18-7-8-19-20(15-18)22(11-14-32(29)25(19)16(2)28)30-23-6-4-5-21(26)24(23)27/h4-9,15,22,30H,3,10-14,28-29H2,1-2H3/b25-16-. The summed E-state index contributed by atoms with van der Waals surface area (Å²) in [5.74, 6) is 5.93. The van der Waals surface area contributed by atoms with Crippen LogP contribution in [0.25, 0.3) is 11.3 Å². The lowest BCUT2D eigenvalue weighted by Gasteiger charge is -2.26. The van der Waals surface area contributed by atoms with Crippen LogP contribution >= 0.6 is 11.6 Å². The molecule has 4 rings (SSSR count). The van der Waals surface area contributed by atoms with Crippen LogP contribution < -0.4 is 16.9 Å². The maximum Gasteiger partial charge on any atom is 0.164 e. The molecular formula is C25H31ClFN5. The van der Waals surface area contributed by atoms with Crippen LogP contribution in [-0.4, -0.2) is 36.1 Å². The van der Waals surface area contributed by atoms with Crippen LogP contribution in [0.15, 0.2) is 48.2 Å². The van der Waals surface area contributed by atoms with Gasteiger partial charge in [-0.2, -0.15) is 0 Å². The third kappa shape index (κ3) is 4.49. The SMILES string of the molecule is CCN1CC=C(c2ccc3c(c2)C(Nc2cccc(Cl)c2F)CCN(N)/C3=C(/C)N)CC1. The Kier molecular flexibility index (Phi) is 6.74. The first-order valence-corrected chi connectivity index (χ1v) is 11.5. The van der Waals surface area contributed by atoms with E-state index >= 15 is 0 Å². The van der Waals surface area contributed by atoms with Crippen LogP contribution in [0.5, 0.6) is 0 Å². The molecule has 2 aromatic carbocycles. The lowest BCUT2D eigenvalue weighted by atomic mass is 9.90. The molecule has 2 aromatic rings. The van der Waals surface area contributed by atoms with Crippen molar-refractivity contribution in [3.63, 3.8) is 0 Å². The lowest BCUT2D eigenvalue weighted by Crippen LogP contribution is -2.31. The molecule has 0 spiro atoms. The lowest BCUT2D eigenvalue weighted by molar-refractivity contribution is 0.319. The second-order valence-corrected chi connectivity index (χ2v) is 8.89. The second kappa shape index (κ2) is 9.53. The molecule has 0 amide bonds. The summed E-state index contributed by atoms with van der Waals surface area (Å²) in [6.45, 7) is 7.71. The Morgan fingerprint density at radius 3 is 2.75 bits per heavy atom. The van der Waals surface area contributed by atoms with E-state index in [0.717, 1.165) is 42.9 Å². The zero-order valence-corrected chi connectivity index (χ0v) is 19.4. The largest absolute Gasteiger partial charge is 0.401 e. The molecule has 2 heterocycles. The molecule has 7 heteroatoms. The first-order valence-electron chi connectivity index (χ1n) is 11.1. The van der Waals surface area contributed by atoms with Gasteiger partial charge in [-0.15, -0.1) is 0 Å².